The Labute approximate surface area is 151 Å². The molecule has 1 aromatic carbocycles. The van der Waals surface area contributed by atoms with E-state index in [4.69, 9.17) is 4.74 Å². The van der Waals surface area contributed by atoms with Crippen LogP contribution in [0.3, 0.4) is 0 Å². The van der Waals surface area contributed by atoms with Crippen molar-refractivity contribution in [3.05, 3.63) is 51.4 Å². The van der Waals surface area contributed by atoms with Crippen LogP contribution in [0.25, 0.3) is 0 Å². The Hall–Kier alpha value is -2.47. The predicted molar refractivity (Wildman–Crippen MR) is 98.5 cm³/mol. The molecular formula is C19H21NO4S. The maximum Gasteiger partial charge on any atom is 0.341 e. The molecule has 25 heavy (non-hydrogen) atoms. The number of anilines is 1. The van der Waals surface area contributed by atoms with E-state index in [1.165, 1.54) is 18.3 Å². The number of hydrogen-bond acceptors (Lipinski definition) is 5. The predicted octanol–water partition coefficient (Wildman–Crippen LogP) is 3.93. The molecule has 0 aliphatic heterocycles. The summed E-state index contributed by atoms with van der Waals surface area (Å²) in [5.41, 5.74) is 2.70. The summed E-state index contributed by atoms with van der Waals surface area (Å²) in [5.74, 6) is -1.13. The maximum absolute atomic E-state index is 12.4. The summed E-state index contributed by atoms with van der Waals surface area (Å²) in [7, 11) is 0. The largest absolute Gasteiger partial charge is 0.454 e. The van der Waals surface area contributed by atoms with E-state index >= 15 is 0 Å². The third kappa shape index (κ3) is 4.54. The summed E-state index contributed by atoms with van der Waals surface area (Å²) in [6.45, 7) is 6.74. The molecule has 1 amide bonds. The summed E-state index contributed by atoms with van der Waals surface area (Å²) in [5, 5.41) is 3.09. The van der Waals surface area contributed by atoms with Crippen molar-refractivity contribution >= 4 is 34.0 Å². The highest BCUT2D eigenvalue weighted by Gasteiger charge is 2.22. The molecule has 5 nitrogen and oxygen atoms in total. The van der Waals surface area contributed by atoms with Gasteiger partial charge in [-0.2, -0.15) is 0 Å². The normalized spacial score (nSPS) is 10.4. The molecule has 0 aliphatic rings. The zero-order valence-corrected chi connectivity index (χ0v) is 15.6. The van der Waals surface area contributed by atoms with Crippen molar-refractivity contribution in [1.29, 1.82) is 0 Å². The second kappa shape index (κ2) is 8.07. The summed E-state index contributed by atoms with van der Waals surface area (Å²) in [6, 6.07) is 7.24. The highest BCUT2D eigenvalue weighted by molar-refractivity contribution is 7.16. The van der Waals surface area contributed by atoms with Crippen molar-refractivity contribution in [3.8, 4) is 0 Å². The van der Waals surface area contributed by atoms with Crippen molar-refractivity contribution in [2.45, 2.75) is 34.1 Å². The van der Waals surface area contributed by atoms with Gasteiger partial charge >= 0.3 is 5.97 Å². The first-order valence-corrected chi connectivity index (χ1v) is 8.82. The van der Waals surface area contributed by atoms with E-state index < -0.39 is 5.97 Å². The van der Waals surface area contributed by atoms with E-state index in [1.54, 1.807) is 19.1 Å². The molecule has 0 bridgehead atoms. The smallest absolute Gasteiger partial charge is 0.341 e. The van der Waals surface area contributed by atoms with Crippen LogP contribution in [0.15, 0.2) is 24.3 Å². The number of hydrogen-bond donors (Lipinski definition) is 1. The number of benzene rings is 1. The molecule has 0 saturated heterocycles. The van der Waals surface area contributed by atoms with Gasteiger partial charge < -0.3 is 10.1 Å². The minimum Gasteiger partial charge on any atom is -0.454 e. The molecule has 1 heterocycles. The van der Waals surface area contributed by atoms with E-state index in [2.05, 4.69) is 5.32 Å². The molecular weight excluding hydrogens is 338 g/mol. The van der Waals surface area contributed by atoms with Crippen molar-refractivity contribution < 1.29 is 19.1 Å². The quantitative estimate of drug-likeness (QED) is 0.627. The summed E-state index contributed by atoms with van der Waals surface area (Å²) in [4.78, 5) is 36.8. The lowest BCUT2D eigenvalue weighted by molar-refractivity contribution is -0.114. The van der Waals surface area contributed by atoms with Crippen LogP contribution < -0.4 is 5.32 Å². The van der Waals surface area contributed by atoms with Gasteiger partial charge in [-0.3, -0.25) is 9.59 Å². The van der Waals surface area contributed by atoms with E-state index in [1.807, 2.05) is 26.0 Å². The van der Waals surface area contributed by atoms with E-state index in [0.29, 0.717) is 16.1 Å². The number of ether oxygens (including phenoxy) is 1. The van der Waals surface area contributed by atoms with Crippen LogP contribution in [0, 0.1) is 13.8 Å². The molecule has 0 spiro atoms. The average Bonchev–Trinajstić information content (AvgIpc) is 2.85. The zero-order valence-electron chi connectivity index (χ0n) is 14.8. The first-order chi connectivity index (χ1) is 11.8. The van der Waals surface area contributed by atoms with Crippen molar-refractivity contribution in [3.63, 3.8) is 0 Å². The first-order valence-electron chi connectivity index (χ1n) is 8.00. The van der Waals surface area contributed by atoms with Gasteiger partial charge in [0.25, 0.3) is 0 Å². The Morgan fingerprint density at radius 2 is 1.76 bits per heavy atom. The minimum atomic E-state index is -0.607. The number of esters is 1. The molecule has 0 aliphatic carbocycles. The van der Waals surface area contributed by atoms with Crippen LogP contribution in [0.1, 0.15) is 50.6 Å². The SMILES string of the molecule is CCc1ccc(C(=O)COC(=O)c2c(NC(C)=O)sc(C)c2C)cc1. The second-order valence-electron chi connectivity index (χ2n) is 5.72. The van der Waals surface area contributed by atoms with Gasteiger partial charge in [0.15, 0.2) is 12.4 Å². The number of rotatable bonds is 6. The maximum atomic E-state index is 12.4. The van der Waals surface area contributed by atoms with Gasteiger partial charge in [0, 0.05) is 17.4 Å². The summed E-state index contributed by atoms with van der Waals surface area (Å²) < 4.78 is 5.18. The number of nitrogens with one attached hydrogen (secondary N) is 1. The van der Waals surface area contributed by atoms with E-state index in [9.17, 15) is 14.4 Å². The van der Waals surface area contributed by atoms with Gasteiger partial charge in [0.05, 0.1) is 5.56 Å². The van der Waals surface area contributed by atoms with Crippen molar-refractivity contribution in [2.75, 3.05) is 11.9 Å². The van der Waals surface area contributed by atoms with Gasteiger partial charge in [-0.1, -0.05) is 31.2 Å². The Balaban J connectivity index is 2.09. The Bertz CT molecular complexity index is 806. The Morgan fingerprint density at radius 1 is 1.12 bits per heavy atom. The lowest BCUT2D eigenvalue weighted by Crippen LogP contribution is -2.16. The van der Waals surface area contributed by atoms with E-state index in [-0.39, 0.29) is 18.3 Å². The third-order valence-electron chi connectivity index (χ3n) is 3.90. The van der Waals surface area contributed by atoms with Crippen LogP contribution in [0.4, 0.5) is 5.00 Å². The zero-order chi connectivity index (χ0) is 18.6. The Morgan fingerprint density at radius 3 is 2.32 bits per heavy atom. The molecule has 1 N–H and O–H groups in total. The van der Waals surface area contributed by atoms with Crippen molar-refractivity contribution in [1.82, 2.24) is 0 Å². The molecule has 132 valence electrons. The van der Waals surface area contributed by atoms with Gasteiger partial charge in [-0.15, -0.1) is 11.3 Å². The number of carbonyl (C=O) groups is 3. The molecule has 6 heteroatoms. The average molecular weight is 359 g/mol. The van der Waals surface area contributed by atoms with Crippen molar-refractivity contribution in [2.24, 2.45) is 0 Å². The van der Waals surface area contributed by atoms with Crippen LogP contribution in [0.5, 0.6) is 0 Å². The number of amides is 1. The third-order valence-corrected chi connectivity index (χ3v) is 5.02. The molecule has 0 saturated carbocycles. The molecule has 0 fully saturated rings. The second-order valence-corrected chi connectivity index (χ2v) is 6.94. The van der Waals surface area contributed by atoms with Crippen LogP contribution in [0.2, 0.25) is 0 Å². The van der Waals surface area contributed by atoms with Crippen LogP contribution >= 0.6 is 11.3 Å². The van der Waals surface area contributed by atoms with Gasteiger partial charge in [-0.05, 0) is 31.4 Å². The molecule has 2 rings (SSSR count). The number of carbonyl (C=O) groups excluding carboxylic acids is 3. The van der Waals surface area contributed by atoms with Gasteiger partial charge in [-0.25, -0.2) is 4.79 Å². The fraction of sp³-hybridized carbons (Fsp3) is 0.316. The number of aryl methyl sites for hydroxylation is 2. The van der Waals surface area contributed by atoms with Gasteiger partial charge in [0.2, 0.25) is 5.91 Å². The topological polar surface area (TPSA) is 72.5 Å². The molecule has 0 unspecified atom stereocenters. The summed E-state index contributed by atoms with van der Waals surface area (Å²) >= 11 is 1.31. The molecule has 2 aromatic rings. The molecule has 0 radical (unpaired) electrons. The lowest BCUT2D eigenvalue weighted by atomic mass is 10.1. The highest BCUT2D eigenvalue weighted by atomic mass is 32.1. The lowest BCUT2D eigenvalue weighted by Gasteiger charge is -2.07. The van der Waals surface area contributed by atoms with Crippen LogP contribution in [-0.2, 0) is 16.0 Å². The molecule has 1 aromatic heterocycles. The standard InChI is InChI=1S/C19H21NO4S/c1-5-14-6-8-15(9-7-14)16(22)10-24-19(23)17-11(2)12(3)25-18(17)20-13(4)21/h6-9H,5,10H2,1-4H3,(H,20,21). The molecule has 0 atom stereocenters. The van der Waals surface area contributed by atoms with E-state index in [0.717, 1.165) is 22.4 Å². The number of thiophene rings is 1. The fourth-order valence-electron chi connectivity index (χ4n) is 2.33. The number of ketones is 1. The monoisotopic (exact) mass is 359 g/mol. The fourth-order valence-corrected chi connectivity index (χ4v) is 3.43. The highest BCUT2D eigenvalue weighted by Crippen LogP contribution is 2.33. The number of Topliss-reactive ketones (excluding diaryl/α,β-unsaturated/α-hetero) is 1. The van der Waals surface area contributed by atoms with Crippen LogP contribution in [-0.4, -0.2) is 24.3 Å². The summed E-state index contributed by atoms with van der Waals surface area (Å²) in [6.07, 6.45) is 0.895. The first kappa shape index (κ1) is 18.9. The van der Waals surface area contributed by atoms with Gasteiger partial charge in [0.1, 0.15) is 5.00 Å². The Kier molecular flexibility index (Phi) is 6.09. The minimum absolute atomic E-state index is 0.262.